The van der Waals surface area contributed by atoms with Gasteiger partial charge in [-0.05, 0) is 19.9 Å². The maximum Gasteiger partial charge on any atom is 0.355 e. The van der Waals surface area contributed by atoms with Gasteiger partial charge in [-0.2, -0.15) is 0 Å². The summed E-state index contributed by atoms with van der Waals surface area (Å²) in [5, 5.41) is 0. The molecule has 0 aliphatic rings. The van der Waals surface area contributed by atoms with Gasteiger partial charge < -0.3 is 19.8 Å². The molecule has 1 rings (SSSR count). The van der Waals surface area contributed by atoms with Gasteiger partial charge in [-0.3, -0.25) is 0 Å². The molecule has 0 atom stereocenters. The number of anilines is 1. The molecule has 0 saturated heterocycles. The van der Waals surface area contributed by atoms with Crippen LogP contribution in [0.1, 0.15) is 30.8 Å². The average molecular weight is 240 g/mol. The summed E-state index contributed by atoms with van der Waals surface area (Å²) < 4.78 is 12.1. The Balaban J connectivity index is 2.41. The number of nitrogen functional groups attached to an aromatic ring is 1. The van der Waals surface area contributed by atoms with Crippen molar-refractivity contribution in [1.29, 1.82) is 0 Å². The number of hydrogen-bond donors (Lipinski definition) is 1. The molecule has 96 valence electrons. The molecule has 0 spiro atoms. The third-order valence-corrected chi connectivity index (χ3v) is 2.34. The summed E-state index contributed by atoms with van der Waals surface area (Å²) >= 11 is 0. The number of aromatic nitrogens is 1. The number of ether oxygens (including phenoxy) is 2. The van der Waals surface area contributed by atoms with Crippen LogP contribution in [0.4, 0.5) is 5.69 Å². The second-order valence-corrected chi connectivity index (χ2v) is 3.63. The Morgan fingerprint density at radius 3 is 2.82 bits per heavy atom. The highest BCUT2D eigenvalue weighted by molar-refractivity contribution is 5.89. The van der Waals surface area contributed by atoms with Crippen LogP contribution >= 0.6 is 0 Å². The highest BCUT2D eigenvalue weighted by Crippen LogP contribution is 2.11. The average Bonchev–Trinajstić information content (AvgIpc) is 2.70. The van der Waals surface area contributed by atoms with E-state index in [2.05, 4.69) is 0 Å². The second-order valence-electron chi connectivity index (χ2n) is 3.63. The van der Waals surface area contributed by atoms with Crippen molar-refractivity contribution in [3.63, 3.8) is 0 Å². The van der Waals surface area contributed by atoms with Gasteiger partial charge in [0.1, 0.15) is 5.69 Å². The zero-order valence-corrected chi connectivity index (χ0v) is 10.4. The van der Waals surface area contributed by atoms with Crippen molar-refractivity contribution in [2.45, 2.75) is 26.8 Å². The fraction of sp³-hybridized carbons (Fsp3) is 0.583. The van der Waals surface area contributed by atoms with E-state index in [0.29, 0.717) is 44.2 Å². The number of rotatable bonds is 7. The number of hydrogen-bond acceptors (Lipinski definition) is 4. The maximum atomic E-state index is 11.7. The van der Waals surface area contributed by atoms with Gasteiger partial charge in [0.05, 0.1) is 12.3 Å². The van der Waals surface area contributed by atoms with Crippen LogP contribution in [0.2, 0.25) is 0 Å². The smallest absolute Gasteiger partial charge is 0.355 e. The van der Waals surface area contributed by atoms with Crippen molar-refractivity contribution >= 4 is 11.7 Å². The number of nitrogens with two attached hydrogens (primary N) is 1. The first-order valence-electron chi connectivity index (χ1n) is 5.89. The quantitative estimate of drug-likeness (QED) is 0.581. The first kappa shape index (κ1) is 13.6. The molecular weight excluding hydrogens is 220 g/mol. The summed E-state index contributed by atoms with van der Waals surface area (Å²) in [6.07, 6.45) is 2.44. The van der Waals surface area contributed by atoms with Crippen LogP contribution in [-0.2, 0) is 16.0 Å². The molecule has 0 amide bonds. The Morgan fingerprint density at radius 2 is 2.18 bits per heavy atom. The van der Waals surface area contributed by atoms with Gasteiger partial charge in [0.15, 0.2) is 0 Å². The van der Waals surface area contributed by atoms with Crippen molar-refractivity contribution in [3.05, 3.63) is 18.0 Å². The van der Waals surface area contributed by atoms with Crippen LogP contribution in [-0.4, -0.2) is 30.4 Å². The van der Waals surface area contributed by atoms with Gasteiger partial charge in [0.2, 0.25) is 0 Å². The van der Waals surface area contributed by atoms with E-state index in [4.69, 9.17) is 15.2 Å². The molecule has 5 nitrogen and oxygen atoms in total. The number of aryl methyl sites for hydroxylation is 1. The first-order valence-corrected chi connectivity index (χ1v) is 5.89. The number of nitrogens with zero attached hydrogens (tertiary/aromatic N) is 1. The zero-order chi connectivity index (χ0) is 12.7. The van der Waals surface area contributed by atoms with E-state index in [9.17, 15) is 4.79 Å². The minimum atomic E-state index is -0.333. The van der Waals surface area contributed by atoms with Crippen molar-refractivity contribution < 1.29 is 14.3 Å². The molecule has 0 bridgehead atoms. The molecule has 0 unspecified atom stereocenters. The van der Waals surface area contributed by atoms with E-state index >= 15 is 0 Å². The lowest BCUT2D eigenvalue weighted by Gasteiger charge is -2.07. The Morgan fingerprint density at radius 1 is 1.41 bits per heavy atom. The topological polar surface area (TPSA) is 66.5 Å². The van der Waals surface area contributed by atoms with Crippen molar-refractivity contribution in [3.8, 4) is 0 Å². The summed E-state index contributed by atoms with van der Waals surface area (Å²) in [5.41, 5.74) is 6.72. The molecule has 2 N–H and O–H groups in total. The molecule has 1 aromatic heterocycles. The van der Waals surface area contributed by atoms with Crippen LogP contribution in [0, 0.1) is 0 Å². The molecule has 1 aromatic rings. The summed E-state index contributed by atoms with van der Waals surface area (Å²) in [7, 11) is 0. The van der Waals surface area contributed by atoms with E-state index in [1.54, 1.807) is 16.8 Å². The molecule has 1 heterocycles. The van der Waals surface area contributed by atoms with E-state index in [-0.39, 0.29) is 5.97 Å². The van der Waals surface area contributed by atoms with Crippen LogP contribution in [0.5, 0.6) is 0 Å². The minimum Gasteiger partial charge on any atom is -0.461 e. The molecule has 0 aliphatic heterocycles. The van der Waals surface area contributed by atoms with Crippen LogP contribution < -0.4 is 5.73 Å². The minimum absolute atomic E-state index is 0.333. The van der Waals surface area contributed by atoms with Gasteiger partial charge in [0.25, 0.3) is 0 Å². The van der Waals surface area contributed by atoms with Gasteiger partial charge in [-0.25, -0.2) is 4.79 Å². The number of carbonyl (C=O) groups excluding carboxylic acids is 1. The highest BCUT2D eigenvalue weighted by atomic mass is 16.5. The van der Waals surface area contributed by atoms with Crippen LogP contribution in [0.25, 0.3) is 0 Å². The fourth-order valence-corrected chi connectivity index (χ4v) is 1.51. The fourth-order valence-electron chi connectivity index (χ4n) is 1.51. The summed E-state index contributed by atoms with van der Waals surface area (Å²) in [6.45, 7) is 6.24. The number of carbonyl (C=O) groups is 1. The normalized spacial score (nSPS) is 10.5. The molecule has 17 heavy (non-hydrogen) atoms. The summed E-state index contributed by atoms with van der Waals surface area (Å²) in [6, 6.07) is 1.63. The zero-order valence-electron chi connectivity index (χ0n) is 10.4. The Bertz CT molecular complexity index is 361. The predicted molar refractivity (Wildman–Crippen MR) is 65.9 cm³/mol. The largest absolute Gasteiger partial charge is 0.461 e. The molecule has 0 fully saturated rings. The summed E-state index contributed by atoms with van der Waals surface area (Å²) in [4.78, 5) is 11.7. The van der Waals surface area contributed by atoms with Crippen molar-refractivity contribution in [2.24, 2.45) is 0 Å². The molecule has 0 saturated carbocycles. The molecule has 0 aliphatic carbocycles. The molecular formula is C12H20N2O3. The van der Waals surface area contributed by atoms with E-state index < -0.39 is 0 Å². The van der Waals surface area contributed by atoms with Gasteiger partial charge >= 0.3 is 5.97 Å². The van der Waals surface area contributed by atoms with Crippen LogP contribution in [0.15, 0.2) is 12.3 Å². The lowest BCUT2D eigenvalue weighted by molar-refractivity contribution is 0.0440. The summed E-state index contributed by atoms with van der Waals surface area (Å²) in [5.74, 6) is -0.333. The predicted octanol–water partition coefficient (Wildman–Crippen LogP) is 1.67. The monoisotopic (exact) mass is 240 g/mol. The SMILES string of the molecule is CCOCCCOC(=O)c1cc(N)cn1CC. The van der Waals surface area contributed by atoms with E-state index in [1.165, 1.54) is 0 Å². The van der Waals surface area contributed by atoms with Crippen molar-refractivity contribution in [2.75, 3.05) is 25.6 Å². The Labute approximate surface area is 101 Å². The van der Waals surface area contributed by atoms with E-state index in [0.717, 1.165) is 0 Å². The highest BCUT2D eigenvalue weighted by Gasteiger charge is 2.13. The van der Waals surface area contributed by atoms with Crippen molar-refractivity contribution in [1.82, 2.24) is 4.57 Å². The third kappa shape index (κ3) is 4.11. The van der Waals surface area contributed by atoms with Gasteiger partial charge in [-0.15, -0.1) is 0 Å². The maximum absolute atomic E-state index is 11.7. The van der Waals surface area contributed by atoms with Crippen LogP contribution in [0.3, 0.4) is 0 Å². The third-order valence-electron chi connectivity index (χ3n) is 2.34. The van der Waals surface area contributed by atoms with Gasteiger partial charge in [0, 0.05) is 32.4 Å². The molecule has 5 heteroatoms. The Kier molecular flexibility index (Phi) is 5.56. The first-order chi connectivity index (χ1) is 8.19. The molecule has 0 aromatic carbocycles. The lowest BCUT2D eigenvalue weighted by Crippen LogP contribution is -2.12. The van der Waals surface area contributed by atoms with Gasteiger partial charge in [-0.1, -0.05) is 0 Å². The lowest BCUT2D eigenvalue weighted by atomic mass is 10.4. The van der Waals surface area contributed by atoms with E-state index in [1.807, 2.05) is 13.8 Å². The Hall–Kier alpha value is -1.49. The second kappa shape index (κ2) is 6.96. The molecule has 0 radical (unpaired) electrons. The standard InChI is InChI=1S/C12H20N2O3/c1-3-14-9-10(13)8-11(14)12(15)17-7-5-6-16-4-2/h8-9H,3-7,13H2,1-2H3. The number of esters is 1.